The highest BCUT2D eigenvalue weighted by Crippen LogP contribution is 2.43. The predicted octanol–water partition coefficient (Wildman–Crippen LogP) is 12.3. The number of nitrogens with zero attached hydrogens (tertiary/aromatic N) is 2. The third-order valence-corrected chi connectivity index (χ3v) is 9.15. The van der Waals surface area contributed by atoms with Crippen molar-refractivity contribution < 1.29 is 4.70 Å². The van der Waals surface area contributed by atoms with Crippen LogP contribution in [0.25, 0.3) is 16.9 Å². The van der Waals surface area contributed by atoms with Gasteiger partial charge < -0.3 is 5.53 Å². The van der Waals surface area contributed by atoms with E-state index in [1.807, 2.05) is 0 Å². The lowest BCUT2D eigenvalue weighted by Gasteiger charge is -2.16. The van der Waals surface area contributed by atoms with E-state index in [-0.39, 0.29) is 0 Å². The molecule has 2 aromatic carbocycles. The van der Waals surface area contributed by atoms with E-state index in [2.05, 4.69) is 91.5 Å². The monoisotopic (exact) mass is 578 g/mol. The van der Waals surface area contributed by atoms with E-state index in [9.17, 15) is 5.53 Å². The Morgan fingerprint density at radius 3 is 1.51 bits per heavy atom. The highest BCUT2D eigenvalue weighted by molar-refractivity contribution is 5.86. The molecular weight excluding hydrogens is 520 g/mol. The van der Waals surface area contributed by atoms with Gasteiger partial charge in [0.15, 0.2) is 0 Å². The number of benzene rings is 2. The van der Waals surface area contributed by atoms with Gasteiger partial charge in [-0.05, 0) is 130 Å². The molecule has 0 fully saturated rings. The second-order valence-corrected chi connectivity index (χ2v) is 12.8. The first-order chi connectivity index (χ1) is 20.8. The van der Waals surface area contributed by atoms with Crippen LogP contribution in [0.5, 0.6) is 0 Å². The maximum atomic E-state index is 12.2. The van der Waals surface area contributed by atoms with Gasteiger partial charge in [-0.3, -0.25) is 0 Å². The Morgan fingerprint density at radius 1 is 0.558 bits per heavy atom. The molecule has 1 heterocycles. The first-order valence-corrected chi connectivity index (χ1v) is 17.4. The summed E-state index contributed by atoms with van der Waals surface area (Å²) >= 11 is 0. The van der Waals surface area contributed by atoms with Crippen LogP contribution < -0.4 is 0 Å². The molecule has 1 aliphatic heterocycles. The summed E-state index contributed by atoms with van der Waals surface area (Å²) in [5.74, 6) is 7.18. The van der Waals surface area contributed by atoms with Gasteiger partial charge in [0.25, 0.3) is 0 Å². The van der Waals surface area contributed by atoms with Gasteiger partial charge in [-0.15, -0.1) is 0 Å². The Morgan fingerprint density at radius 2 is 1.02 bits per heavy atom. The molecule has 0 N–H and O–H groups in total. The lowest BCUT2D eigenvalue weighted by atomic mass is 9.91. The molecule has 0 bridgehead atoms. The molecule has 2 heteroatoms. The summed E-state index contributed by atoms with van der Waals surface area (Å²) in [4.78, 5) is 0. The van der Waals surface area contributed by atoms with Crippen molar-refractivity contribution in [3.8, 4) is 11.8 Å². The Kier molecular flexibility index (Phi) is 14.0. The van der Waals surface area contributed by atoms with E-state index in [1.165, 1.54) is 101 Å². The fraction of sp³-hybridized carbons (Fsp3) is 0.561. The first kappa shape index (κ1) is 34.6. The highest BCUT2D eigenvalue weighted by Gasteiger charge is 2.35. The second-order valence-electron chi connectivity index (χ2n) is 12.8. The summed E-state index contributed by atoms with van der Waals surface area (Å²) in [6.45, 7) is 18.0. The van der Waals surface area contributed by atoms with Gasteiger partial charge in [0.1, 0.15) is 5.57 Å². The van der Waals surface area contributed by atoms with Crippen LogP contribution in [0.15, 0.2) is 35.4 Å². The van der Waals surface area contributed by atoms with Gasteiger partial charge in [-0.2, -0.15) is 0 Å². The van der Waals surface area contributed by atoms with Crippen molar-refractivity contribution in [2.45, 2.75) is 152 Å². The number of hydrogen-bond acceptors (Lipinski definition) is 0. The summed E-state index contributed by atoms with van der Waals surface area (Å²) in [6.07, 6.45) is 17.1. The zero-order valence-electron chi connectivity index (χ0n) is 28.8. The molecule has 43 heavy (non-hydrogen) atoms. The third kappa shape index (κ3) is 8.81. The van der Waals surface area contributed by atoms with Gasteiger partial charge in [-0.1, -0.05) is 84.5 Å². The van der Waals surface area contributed by atoms with Crippen molar-refractivity contribution in [3.63, 3.8) is 0 Å². The van der Waals surface area contributed by atoms with Crippen molar-refractivity contribution in [1.29, 1.82) is 0 Å². The van der Waals surface area contributed by atoms with Crippen LogP contribution in [-0.4, -0.2) is 4.70 Å². The van der Waals surface area contributed by atoms with Gasteiger partial charge in [0.05, 0.1) is 0 Å². The van der Waals surface area contributed by atoms with Crippen LogP contribution in [0, 0.1) is 39.5 Å². The van der Waals surface area contributed by atoms with Crippen molar-refractivity contribution in [2.75, 3.05) is 0 Å². The number of rotatable bonds is 16. The molecule has 0 saturated heterocycles. The maximum Gasteiger partial charge on any atom is 0.223 e. The third-order valence-electron chi connectivity index (χ3n) is 9.15. The molecule has 0 spiro atoms. The molecular formula is C41H58N2. The molecule has 2 nitrogen and oxygen atoms in total. The zero-order chi connectivity index (χ0) is 31.4. The van der Waals surface area contributed by atoms with Crippen molar-refractivity contribution in [1.82, 2.24) is 0 Å². The van der Waals surface area contributed by atoms with E-state index >= 15 is 0 Å². The number of unbranched alkanes of at least 4 members (excludes halogenated alkanes) is 8. The molecule has 0 radical (unpaired) electrons. The minimum absolute atomic E-state index is 0.862. The Bertz CT molecular complexity index is 1340. The summed E-state index contributed by atoms with van der Waals surface area (Å²) in [7, 11) is 0. The maximum absolute atomic E-state index is 12.2. The Labute approximate surface area is 264 Å². The molecule has 0 saturated carbocycles. The summed E-state index contributed by atoms with van der Waals surface area (Å²) in [5.41, 5.74) is 26.5. The minimum Gasteiger partial charge on any atom is -0.493 e. The smallest absolute Gasteiger partial charge is 0.223 e. The summed E-state index contributed by atoms with van der Waals surface area (Å²) < 4.78 is 1.50. The number of hydrogen-bond donors (Lipinski definition) is 0. The number of allylic oxidation sites excluding steroid dienone is 2. The van der Waals surface area contributed by atoms with E-state index in [0.717, 1.165) is 66.6 Å². The van der Waals surface area contributed by atoms with Crippen molar-refractivity contribution in [2.24, 2.45) is 0 Å². The van der Waals surface area contributed by atoms with Crippen LogP contribution in [0.2, 0.25) is 0 Å². The first-order valence-electron chi connectivity index (χ1n) is 17.4. The normalized spacial score (nSPS) is 13.3. The highest BCUT2D eigenvalue weighted by atomic mass is 15.2. The number of aryl methyl sites for hydroxylation is 4. The Hall–Kier alpha value is -2.92. The molecule has 0 aliphatic carbocycles. The molecule has 0 aromatic heterocycles. The average Bonchev–Trinajstić information content (AvgIpc) is 3.24. The van der Waals surface area contributed by atoms with Crippen LogP contribution >= 0.6 is 0 Å². The fourth-order valence-electron chi connectivity index (χ4n) is 6.65. The van der Waals surface area contributed by atoms with Crippen LogP contribution in [0.4, 0.5) is 0 Å². The van der Waals surface area contributed by atoms with Gasteiger partial charge in [0, 0.05) is 23.1 Å². The standard InChI is InChI=1S/C41H58N2/c1-9-13-17-18-19-21-25-39-38(24-20-14-10-2)40(34-26-30(5)36(22-15-11-3)31(6)27-34)43(42)41(39)35-28-32(7)37(23-16-12-4)33(8)29-35/h26-29H,9-20,22-24H2,1-8H3. The van der Waals surface area contributed by atoms with Crippen molar-refractivity contribution in [3.05, 3.63) is 85.5 Å². The van der Waals surface area contributed by atoms with Gasteiger partial charge in [0.2, 0.25) is 11.4 Å². The lowest BCUT2D eigenvalue weighted by molar-refractivity contribution is -0.345. The van der Waals surface area contributed by atoms with E-state index in [4.69, 9.17) is 0 Å². The zero-order valence-corrected chi connectivity index (χ0v) is 28.8. The van der Waals surface area contributed by atoms with Crippen LogP contribution in [0.1, 0.15) is 156 Å². The van der Waals surface area contributed by atoms with E-state index < -0.39 is 0 Å². The second kappa shape index (κ2) is 17.4. The predicted molar refractivity (Wildman–Crippen MR) is 187 cm³/mol. The molecule has 0 amide bonds. The quantitative estimate of drug-likeness (QED) is 0.108. The Balaban J connectivity index is 2.20. The molecule has 2 aromatic rings. The van der Waals surface area contributed by atoms with Crippen molar-refractivity contribution >= 4 is 11.4 Å². The summed E-state index contributed by atoms with van der Waals surface area (Å²) in [5, 5.41) is 0. The molecule has 1 aliphatic rings. The lowest BCUT2D eigenvalue weighted by Crippen LogP contribution is -2.06. The van der Waals surface area contributed by atoms with E-state index in [0.29, 0.717) is 0 Å². The molecule has 3 rings (SSSR count). The van der Waals surface area contributed by atoms with Gasteiger partial charge >= 0.3 is 0 Å². The fourth-order valence-corrected chi connectivity index (χ4v) is 6.65. The van der Waals surface area contributed by atoms with Crippen LogP contribution in [0.3, 0.4) is 0 Å². The SMILES string of the molecule is CCCCCCC#CC1=C(c2cc(C)c(CCCC)c(C)c2)[N+](=[N-])C(c2cc(C)c(CCCC)c(C)c2)=C1CCCCC. The van der Waals surface area contributed by atoms with Gasteiger partial charge in [-0.25, -0.2) is 4.70 Å². The van der Waals surface area contributed by atoms with E-state index in [1.54, 1.807) is 0 Å². The average molecular weight is 579 g/mol. The topological polar surface area (TPSA) is 25.3 Å². The summed E-state index contributed by atoms with van der Waals surface area (Å²) in [6, 6.07) is 9.19. The van der Waals surface area contributed by atoms with Crippen LogP contribution in [-0.2, 0) is 12.8 Å². The minimum atomic E-state index is 0.862. The molecule has 0 atom stereocenters. The largest absolute Gasteiger partial charge is 0.493 e. The molecule has 0 unspecified atom stereocenters. The molecule has 232 valence electrons.